The first-order valence-corrected chi connectivity index (χ1v) is 7.11. The highest BCUT2D eigenvalue weighted by molar-refractivity contribution is 6.43. The molecule has 0 aromatic heterocycles. The molecular formula is C14H17Cl2NO3. The van der Waals surface area contributed by atoms with E-state index < -0.39 is 5.97 Å². The minimum absolute atomic E-state index is 0.148. The smallest absolute Gasteiger partial charge is 0.303 e. The Hall–Kier alpha value is -1.26. The summed E-state index contributed by atoms with van der Waals surface area (Å²) in [5.74, 6) is -0.837. The van der Waals surface area contributed by atoms with Crippen LogP contribution >= 0.6 is 23.2 Å². The Kier molecular flexibility index (Phi) is 6.82. The van der Waals surface area contributed by atoms with Crippen LogP contribution in [0.2, 0.25) is 10.0 Å². The first-order valence-electron chi connectivity index (χ1n) is 6.35. The van der Waals surface area contributed by atoms with Gasteiger partial charge >= 0.3 is 5.97 Å². The normalized spacial score (nSPS) is 11.9. The summed E-state index contributed by atoms with van der Waals surface area (Å²) in [6.45, 7) is 2.43. The lowest BCUT2D eigenvalue weighted by atomic mass is 10.0. The Morgan fingerprint density at radius 1 is 1.30 bits per heavy atom. The third-order valence-electron chi connectivity index (χ3n) is 2.97. The van der Waals surface area contributed by atoms with E-state index in [2.05, 4.69) is 5.32 Å². The highest BCUT2D eigenvalue weighted by atomic mass is 35.5. The summed E-state index contributed by atoms with van der Waals surface area (Å²) in [5, 5.41) is 11.9. The van der Waals surface area contributed by atoms with Gasteiger partial charge in [0.15, 0.2) is 0 Å². The molecule has 0 heterocycles. The second-order valence-corrected chi connectivity index (χ2v) is 5.47. The maximum Gasteiger partial charge on any atom is 0.303 e. The zero-order chi connectivity index (χ0) is 15.1. The Balaban J connectivity index is 2.40. The van der Waals surface area contributed by atoms with Crippen molar-refractivity contribution in [3.8, 4) is 0 Å². The average Bonchev–Trinajstić information content (AvgIpc) is 2.39. The number of amides is 1. The maximum atomic E-state index is 11.9. The molecule has 1 aromatic carbocycles. The molecule has 0 saturated carbocycles. The van der Waals surface area contributed by atoms with Gasteiger partial charge in [-0.25, -0.2) is 0 Å². The molecule has 1 aromatic rings. The molecule has 6 heteroatoms. The van der Waals surface area contributed by atoms with Gasteiger partial charge < -0.3 is 10.4 Å². The van der Waals surface area contributed by atoms with Gasteiger partial charge in [0.05, 0.1) is 15.6 Å². The molecule has 4 nitrogen and oxygen atoms in total. The fraction of sp³-hybridized carbons (Fsp3) is 0.429. The topological polar surface area (TPSA) is 66.4 Å². The summed E-state index contributed by atoms with van der Waals surface area (Å²) in [6, 6.07) is 4.89. The van der Waals surface area contributed by atoms with Crippen LogP contribution in [0, 0.1) is 5.92 Å². The number of carbonyl (C=O) groups excluding carboxylic acids is 1. The fourth-order valence-corrected chi connectivity index (χ4v) is 2.11. The molecule has 0 aliphatic heterocycles. The van der Waals surface area contributed by atoms with E-state index in [4.69, 9.17) is 28.3 Å². The van der Waals surface area contributed by atoms with E-state index in [0.29, 0.717) is 23.6 Å². The molecule has 0 spiro atoms. The van der Waals surface area contributed by atoms with Crippen molar-refractivity contribution in [2.24, 2.45) is 5.92 Å². The lowest BCUT2D eigenvalue weighted by molar-refractivity contribution is -0.137. The van der Waals surface area contributed by atoms with Gasteiger partial charge in [-0.15, -0.1) is 0 Å². The molecule has 0 radical (unpaired) electrons. The van der Waals surface area contributed by atoms with Gasteiger partial charge in [0.25, 0.3) is 5.91 Å². The average molecular weight is 318 g/mol. The van der Waals surface area contributed by atoms with Crippen LogP contribution in [0.5, 0.6) is 0 Å². The van der Waals surface area contributed by atoms with Crippen molar-refractivity contribution in [1.29, 1.82) is 0 Å². The minimum Gasteiger partial charge on any atom is -0.481 e. The van der Waals surface area contributed by atoms with Crippen LogP contribution in [0.4, 0.5) is 0 Å². The molecule has 0 fully saturated rings. The predicted octanol–water partition coefficient (Wildman–Crippen LogP) is 3.61. The van der Waals surface area contributed by atoms with Gasteiger partial charge in [0, 0.05) is 13.0 Å². The van der Waals surface area contributed by atoms with Gasteiger partial charge in [-0.3, -0.25) is 9.59 Å². The minimum atomic E-state index is -0.799. The molecule has 1 amide bonds. The quantitative estimate of drug-likeness (QED) is 0.807. The summed E-state index contributed by atoms with van der Waals surface area (Å²) < 4.78 is 0. The van der Waals surface area contributed by atoms with Crippen LogP contribution in [0.3, 0.4) is 0 Å². The van der Waals surface area contributed by atoms with E-state index in [1.54, 1.807) is 18.2 Å². The van der Waals surface area contributed by atoms with Crippen LogP contribution in [0.25, 0.3) is 0 Å². The monoisotopic (exact) mass is 317 g/mol. The molecule has 0 bridgehead atoms. The van der Waals surface area contributed by atoms with Gasteiger partial charge in [-0.2, -0.15) is 0 Å². The summed E-state index contributed by atoms with van der Waals surface area (Å²) in [7, 11) is 0. The number of aliphatic carboxylic acids is 1. The second kappa shape index (κ2) is 8.12. The van der Waals surface area contributed by atoms with Gasteiger partial charge in [-0.1, -0.05) is 36.2 Å². The zero-order valence-corrected chi connectivity index (χ0v) is 12.7. The lowest BCUT2D eigenvalue weighted by Crippen LogP contribution is -2.26. The van der Waals surface area contributed by atoms with E-state index in [1.807, 2.05) is 6.92 Å². The molecule has 1 unspecified atom stereocenters. The van der Waals surface area contributed by atoms with Crippen LogP contribution < -0.4 is 5.32 Å². The van der Waals surface area contributed by atoms with Crippen molar-refractivity contribution in [3.63, 3.8) is 0 Å². The Morgan fingerprint density at radius 2 is 2.00 bits per heavy atom. The van der Waals surface area contributed by atoms with Crippen molar-refractivity contribution < 1.29 is 14.7 Å². The van der Waals surface area contributed by atoms with Crippen molar-refractivity contribution in [1.82, 2.24) is 5.32 Å². The van der Waals surface area contributed by atoms with Gasteiger partial charge in [-0.05, 0) is 30.9 Å². The molecule has 0 aliphatic carbocycles. The number of nitrogens with one attached hydrogen (secondary N) is 1. The summed E-state index contributed by atoms with van der Waals surface area (Å²) in [5.41, 5.74) is 0.345. The fourth-order valence-electron chi connectivity index (χ4n) is 1.72. The second-order valence-electron chi connectivity index (χ2n) is 4.68. The first-order chi connectivity index (χ1) is 9.41. The molecule has 2 N–H and O–H groups in total. The summed E-state index contributed by atoms with van der Waals surface area (Å²) >= 11 is 11.8. The number of carboxylic acid groups (broad SMARTS) is 1. The van der Waals surface area contributed by atoms with E-state index in [0.717, 1.165) is 6.42 Å². The Bertz CT molecular complexity index is 491. The first kappa shape index (κ1) is 16.8. The standard InChI is InChI=1S/C14H17Cl2NO3/c1-9(5-6-12(18)19)7-8-17-14(20)10-3-2-4-11(15)13(10)16/h2-4,9H,5-8H2,1H3,(H,17,20)(H,18,19). The number of benzene rings is 1. The van der Waals surface area contributed by atoms with E-state index in [-0.39, 0.29) is 23.3 Å². The molecule has 20 heavy (non-hydrogen) atoms. The Morgan fingerprint density at radius 3 is 2.65 bits per heavy atom. The molecule has 1 rings (SSSR count). The maximum absolute atomic E-state index is 11.9. The van der Waals surface area contributed by atoms with E-state index >= 15 is 0 Å². The van der Waals surface area contributed by atoms with Crippen LogP contribution in [-0.4, -0.2) is 23.5 Å². The number of rotatable bonds is 7. The Labute approximate surface area is 128 Å². The third-order valence-corrected chi connectivity index (χ3v) is 3.79. The number of carboxylic acids is 1. The van der Waals surface area contributed by atoms with Crippen LogP contribution in [0.15, 0.2) is 18.2 Å². The predicted molar refractivity (Wildman–Crippen MR) is 79.4 cm³/mol. The number of carbonyl (C=O) groups is 2. The van der Waals surface area contributed by atoms with E-state index in [1.165, 1.54) is 0 Å². The molecule has 0 saturated heterocycles. The molecular weight excluding hydrogens is 301 g/mol. The SMILES string of the molecule is CC(CCNC(=O)c1cccc(Cl)c1Cl)CCC(=O)O. The number of hydrogen-bond donors (Lipinski definition) is 2. The van der Waals surface area contributed by atoms with Crippen molar-refractivity contribution in [2.45, 2.75) is 26.2 Å². The van der Waals surface area contributed by atoms with Gasteiger partial charge in [0.2, 0.25) is 0 Å². The number of halogens is 2. The van der Waals surface area contributed by atoms with Crippen molar-refractivity contribution in [3.05, 3.63) is 33.8 Å². The van der Waals surface area contributed by atoms with Gasteiger partial charge in [0.1, 0.15) is 0 Å². The molecule has 110 valence electrons. The van der Waals surface area contributed by atoms with Crippen molar-refractivity contribution >= 4 is 35.1 Å². The highest BCUT2D eigenvalue weighted by Crippen LogP contribution is 2.25. The van der Waals surface area contributed by atoms with E-state index in [9.17, 15) is 9.59 Å². The molecule has 1 atom stereocenters. The van der Waals surface area contributed by atoms with Crippen molar-refractivity contribution in [2.75, 3.05) is 6.54 Å². The summed E-state index contributed by atoms with van der Waals surface area (Å²) in [4.78, 5) is 22.4. The van der Waals surface area contributed by atoms with Crippen LogP contribution in [0.1, 0.15) is 36.5 Å². The summed E-state index contributed by atoms with van der Waals surface area (Å²) in [6.07, 6.45) is 1.47. The van der Waals surface area contributed by atoms with Crippen LogP contribution in [-0.2, 0) is 4.79 Å². The third kappa shape index (κ3) is 5.39. The zero-order valence-electron chi connectivity index (χ0n) is 11.2. The lowest BCUT2D eigenvalue weighted by Gasteiger charge is -2.11. The molecule has 0 aliphatic rings. The number of hydrogen-bond acceptors (Lipinski definition) is 2. The highest BCUT2D eigenvalue weighted by Gasteiger charge is 2.12. The largest absolute Gasteiger partial charge is 0.481 e.